The van der Waals surface area contributed by atoms with Crippen molar-refractivity contribution in [2.24, 2.45) is 0 Å². The van der Waals surface area contributed by atoms with Crippen LogP contribution in [0.15, 0.2) is 304 Å². The minimum absolute atomic E-state index is 0. The number of benzene rings is 6. The first-order valence-corrected chi connectivity index (χ1v) is 32.6. The molecule has 0 radical (unpaired) electrons. The third kappa shape index (κ3) is 29.3. The number of pyridine rings is 6. The summed E-state index contributed by atoms with van der Waals surface area (Å²) in [6, 6.07) is 83.0. The van der Waals surface area contributed by atoms with Crippen LogP contribution in [-0.4, -0.2) is 65.5 Å². The molecule has 19 heteroatoms. The summed E-state index contributed by atoms with van der Waals surface area (Å²) in [6.07, 6.45) is 11.0. The molecule has 17 nitrogen and oxygen atoms in total. The zero-order chi connectivity index (χ0) is 75.3. The smallest absolute Gasteiger partial charge is 0.447 e. The molecule has 0 unspecified atom stereocenters. The summed E-state index contributed by atoms with van der Waals surface area (Å²) in [5, 5.41) is 0. The second-order valence-electron chi connectivity index (χ2n) is 22.2. The quantitative estimate of drug-likeness (QED) is 0.0256. The molecule has 107 heavy (non-hydrogen) atoms. The molecule has 6 aromatic carbocycles. The van der Waals surface area contributed by atoms with Crippen molar-refractivity contribution in [3.8, 4) is 96.3 Å². The zero-order valence-corrected chi connectivity index (χ0v) is 64.1. The van der Waals surface area contributed by atoms with Gasteiger partial charge in [0.1, 0.15) is 0 Å². The Labute approximate surface area is 650 Å². The summed E-state index contributed by atoms with van der Waals surface area (Å²) < 4.78 is 25.7. The zero-order valence-electron chi connectivity index (χ0n) is 59.3. The van der Waals surface area contributed by atoms with E-state index in [4.69, 9.17) is 23.7 Å². The summed E-state index contributed by atoms with van der Waals surface area (Å²) >= 11 is 0. The number of hydrogen-bond donors (Lipinski definition) is 0. The molecule has 0 saturated heterocycles. The minimum Gasteiger partial charge on any atom is -0.447 e. The molecule has 12 rings (SSSR count). The number of carbonyl (C=O) groups excluding carboxylic acids is 6. The van der Waals surface area contributed by atoms with Gasteiger partial charge in [-0.1, -0.05) is 119 Å². The van der Waals surface area contributed by atoms with Gasteiger partial charge in [-0.2, -0.15) is 0 Å². The van der Waals surface area contributed by atoms with Gasteiger partial charge < -0.3 is 53.6 Å². The van der Waals surface area contributed by atoms with Crippen molar-refractivity contribution < 1.29 is 92.7 Å². The van der Waals surface area contributed by atoms with Crippen molar-refractivity contribution in [2.75, 3.05) is 0 Å². The van der Waals surface area contributed by atoms with Crippen molar-refractivity contribution in [3.05, 3.63) is 346 Å². The molecule has 0 aliphatic rings. The summed E-state index contributed by atoms with van der Waals surface area (Å²) in [6.45, 7) is 24.3. The molecule has 6 aromatic heterocycles. The fraction of sp³-hybridized carbons (Fsp3) is 0.0909. The normalized spacial score (nSPS) is 9.70. The maximum Gasteiger partial charge on any atom is 3.00 e. The third-order valence-electron chi connectivity index (χ3n) is 13.7. The Morgan fingerprint density at radius 3 is 0.710 bits per heavy atom. The summed E-state index contributed by atoms with van der Waals surface area (Å²) in [5.74, 6) is 0.580. The maximum absolute atomic E-state index is 11.8. The SMILES string of the molecule is C=C(C)C(=O)Oc1cc[c-]c(-c2ccccn2)c1.C=C(C)C(=O)Oc1cc[c-]c(-c2ccccn2)c1.C=C(C)C(=O)Oc1cc[c-]c(-c2ccccn2)c1.C=C(C)C(=O)c1cc[c-]c(-c2ccccn2)c1.CCC(=O)Oc1cc[c-]c(-c2ccccn2)c1.CCC(=O)Oc1cc[c-]c(-c2ccccn2)c1.[Ir+3].[Ir+3]. The second-order valence-corrected chi connectivity index (χ2v) is 22.2. The molecule has 0 atom stereocenters. The van der Waals surface area contributed by atoms with Gasteiger partial charge in [-0.15, -0.1) is 179 Å². The van der Waals surface area contributed by atoms with Crippen LogP contribution in [0.3, 0.4) is 0 Å². The van der Waals surface area contributed by atoms with E-state index in [1.807, 2.05) is 109 Å². The number of hydrogen-bond acceptors (Lipinski definition) is 17. The Kier molecular flexibility index (Phi) is 36.3. The van der Waals surface area contributed by atoms with Crippen LogP contribution in [0, 0.1) is 36.4 Å². The van der Waals surface area contributed by atoms with Crippen LogP contribution in [-0.2, 0) is 64.2 Å². The van der Waals surface area contributed by atoms with E-state index in [0.717, 1.165) is 67.5 Å². The van der Waals surface area contributed by atoms with Crippen LogP contribution in [0.4, 0.5) is 0 Å². The van der Waals surface area contributed by atoms with Crippen molar-refractivity contribution in [1.29, 1.82) is 0 Å². The number of aromatic nitrogens is 6. The van der Waals surface area contributed by atoms with E-state index in [0.29, 0.717) is 69.4 Å². The van der Waals surface area contributed by atoms with Crippen molar-refractivity contribution in [3.63, 3.8) is 0 Å². The van der Waals surface area contributed by atoms with E-state index >= 15 is 0 Å². The van der Waals surface area contributed by atoms with E-state index in [2.05, 4.69) is 92.6 Å². The standard InChI is InChI=1S/3C15H12NO2.C15H12NO.2C14H12NO2.2Ir/c3*1-11(2)15(17)18-13-7-5-6-12(10-13)14-8-3-4-9-16-14;1-11(2)15(17)13-7-5-6-12(10-13)14-8-3-4-9-16-14;2*1-2-14(16)17-12-7-5-6-11(10-12)13-8-3-4-9-15-13;;/h3*3-5,7-10H,1H2,2H3;3-5,7-10H,1H2,2H3;2*3-5,7-10H,2H2,1H3;;/q6*-1;2*+3. The molecule has 6 heterocycles. The molecule has 0 spiro atoms. The summed E-state index contributed by atoms with van der Waals surface area (Å²) in [7, 11) is 0. The Hall–Kier alpha value is -12.5. The van der Waals surface area contributed by atoms with Gasteiger partial charge in [0, 0.05) is 66.7 Å². The average Bonchev–Trinajstić information content (AvgIpc) is 0.872. The third-order valence-corrected chi connectivity index (χ3v) is 13.7. The fourth-order valence-corrected chi connectivity index (χ4v) is 8.41. The van der Waals surface area contributed by atoms with Gasteiger partial charge >= 0.3 is 70.1 Å². The van der Waals surface area contributed by atoms with Gasteiger partial charge in [0.05, 0.1) is 28.7 Å². The maximum atomic E-state index is 11.8. The number of rotatable bonds is 18. The Balaban J connectivity index is 0.000000229. The Morgan fingerprint density at radius 1 is 0.299 bits per heavy atom. The summed E-state index contributed by atoms with van der Waals surface area (Å²) in [4.78, 5) is 93.7. The molecule has 0 N–H and O–H groups in total. The topological polar surface area (TPSA) is 226 Å². The molecule has 0 bridgehead atoms. The van der Waals surface area contributed by atoms with Crippen LogP contribution < -0.4 is 23.7 Å². The van der Waals surface area contributed by atoms with Gasteiger partial charge in [0.25, 0.3) is 0 Å². The molecule has 538 valence electrons. The second kappa shape index (κ2) is 45.6. The number of carbonyl (C=O) groups is 6. The van der Waals surface area contributed by atoms with Gasteiger partial charge in [0.2, 0.25) is 0 Å². The van der Waals surface area contributed by atoms with E-state index in [1.54, 1.807) is 188 Å². The molecule has 0 fully saturated rings. The number of ketones is 1. The summed E-state index contributed by atoms with van der Waals surface area (Å²) in [5.41, 5.74) is 11.8. The van der Waals surface area contributed by atoms with Crippen molar-refractivity contribution >= 4 is 35.6 Å². The Bertz CT molecular complexity index is 4570. The monoisotopic (exact) mass is 1770 g/mol. The van der Waals surface area contributed by atoms with Crippen LogP contribution in [0.5, 0.6) is 28.7 Å². The number of ether oxygens (including phenoxy) is 5. The number of Topliss-reactive ketones (excluding diaryl/α,β-unsaturated/α-hetero) is 1. The van der Waals surface area contributed by atoms with Gasteiger partial charge in [-0.25, -0.2) is 14.4 Å². The molecule has 0 aliphatic heterocycles. The molecule has 0 saturated carbocycles. The number of nitrogens with zero attached hydrogens (tertiary/aromatic N) is 6. The molecule has 12 aromatic rings. The molecular weight excluding hydrogens is 1700 g/mol. The first-order chi connectivity index (χ1) is 50.8. The van der Waals surface area contributed by atoms with Gasteiger partial charge in [-0.3, -0.25) is 14.4 Å². The molecule has 0 amide bonds. The molecular formula is C88H72Ir2N6O11. The van der Waals surface area contributed by atoms with Crippen molar-refractivity contribution in [1.82, 2.24) is 29.9 Å². The predicted molar refractivity (Wildman–Crippen MR) is 403 cm³/mol. The van der Waals surface area contributed by atoms with E-state index in [-0.39, 0.29) is 57.9 Å². The first kappa shape index (κ1) is 85.1. The largest absolute Gasteiger partial charge is 3.00 e. The molecule has 0 aliphatic carbocycles. The van der Waals surface area contributed by atoms with Crippen LogP contribution in [0.2, 0.25) is 0 Å². The van der Waals surface area contributed by atoms with Gasteiger partial charge in [0.15, 0.2) is 5.78 Å². The van der Waals surface area contributed by atoms with E-state index < -0.39 is 17.9 Å². The number of allylic oxidation sites excluding steroid dienone is 1. The van der Waals surface area contributed by atoms with E-state index in [9.17, 15) is 28.8 Å². The first-order valence-electron chi connectivity index (χ1n) is 32.6. The number of esters is 5. The van der Waals surface area contributed by atoms with Crippen LogP contribution in [0.1, 0.15) is 64.7 Å². The fourth-order valence-electron chi connectivity index (χ4n) is 8.41. The minimum atomic E-state index is -0.437. The van der Waals surface area contributed by atoms with Gasteiger partial charge in [-0.05, 0) is 104 Å². The van der Waals surface area contributed by atoms with Crippen molar-refractivity contribution in [2.45, 2.75) is 54.4 Å². The predicted octanol–water partition coefficient (Wildman–Crippen LogP) is 18.1. The Morgan fingerprint density at radius 2 is 0.514 bits per heavy atom. The average molecular weight is 1770 g/mol. The van der Waals surface area contributed by atoms with Crippen LogP contribution in [0.25, 0.3) is 67.5 Å². The van der Waals surface area contributed by atoms with E-state index in [1.165, 1.54) is 0 Å². The van der Waals surface area contributed by atoms with Crippen LogP contribution >= 0.6 is 0 Å².